The lowest BCUT2D eigenvalue weighted by Crippen LogP contribution is -2.39. The third kappa shape index (κ3) is 5.75. The summed E-state index contributed by atoms with van der Waals surface area (Å²) in [4.78, 5) is 29.4. The average molecular weight is 613 g/mol. The van der Waals surface area contributed by atoms with Crippen LogP contribution in [0.1, 0.15) is 68.9 Å². The van der Waals surface area contributed by atoms with Crippen molar-refractivity contribution in [1.82, 2.24) is 4.90 Å². The number of ether oxygens (including phenoxy) is 3. The molecule has 0 fully saturated rings. The number of hydrogen-bond acceptors (Lipinski definition) is 6. The van der Waals surface area contributed by atoms with Crippen LogP contribution in [0.3, 0.4) is 0 Å². The number of benzene rings is 2. The molecule has 0 aromatic heterocycles. The molecule has 2 aliphatic carbocycles. The fourth-order valence-electron chi connectivity index (χ4n) is 6.08. The molecule has 0 unspecified atom stereocenters. The second-order valence-electron chi connectivity index (χ2n) is 10.4. The summed E-state index contributed by atoms with van der Waals surface area (Å²) >= 11 is 3.69. The zero-order chi connectivity index (χ0) is 28.2. The molecule has 0 atom stereocenters. The molecule has 0 saturated heterocycles. The molecule has 40 heavy (non-hydrogen) atoms. The molecule has 2 aromatic carbocycles. The summed E-state index contributed by atoms with van der Waals surface area (Å²) < 4.78 is 31.5. The number of hydrogen-bond donors (Lipinski definition) is 0. The van der Waals surface area contributed by atoms with Crippen LogP contribution < -0.4 is 9.47 Å². The van der Waals surface area contributed by atoms with Gasteiger partial charge in [-0.15, -0.1) is 0 Å². The van der Waals surface area contributed by atoms with Gasteiger partial charge in [-0.05, 0) is 90.4 Å². The zero-order valence-corrected chi connectivity index (χ0v) is 24.7. The predicted molar refractivity (Wildman–Crippen MR) is 154 cm³/mol. The number of halogens is 2. The molecule has 5 rings (SSSR count). The molecule has 6 nitrogen and oxygen atoms in total. The minimum Gasteiger partial charge on any atom is -0.490 e. The van der Waals surface area contributed by atoms with Crippen LogP contribution in [0.4, 0.5) is 4.39 Å². The summed E-state index contributed by atoms with van der Waals surface area (Å²) in [7, 11) is 1.69. The van der Waals surface area contributed by atoms with Crippen LogP contribution >= 0.6 is 15.9 Å². The lowest BCUT2D eigenvalue weighted by atomic mass is 9.71. The fourth-order valence-corrected chi connectivity index (χ4v) is 6.65. The van der Waals surface area contributed by atoms with Crippen molar-refractivity contribution in [1.29, 1.82) is 0 Å². The molecule has 0 spiro atoms. The molecule has 0 bridgehead atoms. The Morgan fingerprint density at radius 2 is 1.60 bits per heavy atom. The molecule has 1 aliphatic heterocycles. The lowest BCUT2D eigenvalue weighted by Gasteiger charge is -2.44. The maximum atomic E-state index is 13.6. The Kier molecular flexibility index (Phi) is 9.06. The zero-order valence-electron chi connectivity index (χ0n) is 23.1. The van der Waals surface area contributed by atoms with E-state index in [-0.39, 0.29) is 24.0 Å². The fraction of sp³-hybridized carbons (Fsp3) is 0.438. The third-order valence-corrected chi connectivity index (χ3v) is 8.37. The third-order valence-electron chi connectivity index (χ3n) is 7.78. The first-order valence-electron chi connectivity index (χ1n) is 14.0. The quantitative estimate of drug-likeness (QED) is 0.269. The molecule has 0 N–H and O–H groups in total. The van der Waals surface area contributed by atoms with Gasteiger partial charge in [-0.3, -0.25) is 9.59 Å². The van der Waals surface area contributed by atoms with E-state index in [4.69, 9.17) is 14.2 Å². The summed E-state index contributed by atoms with van der Waals surface area (Å²) in [5, 5.41) is 0. The smallest absolute Gasteiger partial charge is 0.175 e. The number of rotatable bonds is 10. The molecule has 0 radical (unpaired) electrons. The van der Waals surface area contributed by atoms with Crippen LogP contribution in [-0.4, -0.2) is 43.3 Å². The van der Waals surface area contributed by atoms with E-state index >= 15 is 0 Å². The number of allylic oxidation sites excluding steroid dienone is 4. The summed E-state index contributed by atoms with van der Waals surface area (Å²) in [5.41, 5.74) is 5.25. The topological polar surface area (TPSA) is 65.1 Å². The molecule has 1 heterocycles. The highest BCUT2D eigenvalue weighted by Crippen LogP contribution is 2.51. The number of carbonyl (C=O) groups excluding carboxylic acids is 2. The second-order valence-corrected chi connectivity index (χ2v) is 11.2. The van der Waals surface area contributed by atoms with Gasteiger partial charge in [0.1, 0.15) is 12.4 Å². The van der Waals surface area contributed by atoms with Gasteiger partial charge in [0.05, 0.1) is 11.1 Å². The first-order valence-corrected chi connectivity index (χ1v) is 14.8. The van der Waals surface area contributed by atoms with Gasteiger partial charge in [-0.25, -0.2) is 4.39 Å². The highest BCUT2D eigenvalue weighted by molar-refractivity contribution is 9.10. The van der Waals surface area contributed by atoms with Crippen LogP contribution in [0.5, 0.6) is 11.5 Å². The predicted octanol–water partition coefficient (Wildman–Crippen LogP) is 7.02. The molecule has 2 aromatic rings. The van der Waals surface area contributed by atoms with Crippen LogP contribution in [0, 0.1) is 5.82 Å². The second kappa shape index (κ2) is 12.7. The Bertz CT molecular complexity index is 1310. The Balaban J connectivity index is 1.58. The van der Waals surface area contributed by atoms with Gasteiger partial charge in [0.2, 0.25) is 0 Å². The van der Waals surface area contributed by atoms with E-state index in [0.29, 0.717) is 42.0 Å². The van der Waals surface area contributed by atoms with E-state index in [9.17, 15) is 14.0 Å². The highest BCUT2D eigenvalue weighted by atomic mass is 79.9. The molecule has 0 saturated carbocycles. The number of methoxy groups -OCH3 is 1. The molecule has 8 heteroatoms. The van der Waals surface area contributed by atoms with Gasteiger partial charge in [0, 0.05) is 61.6 Å². The SMILES string of the molecule is CCOc1cc(C2C3=C(CCCC3=O)N(CCCOC)C3=C2C(=O)CCC3)cc(Br)c1OCc1ccc(F)cc1. The normalized spacial score (nSPS) is 17.8. The van der Waals surface area contributed by atoms with E-state index in [0.717, 1.165) is 72.3 Å². The van der Waals surface area contributed by atoms with Crippen molar-refractivity contribution < 1.29 is 28.2 Å². The van der Waals surface area contributed by atoms with Crippen LogP contribution in [0.2, 0.25) is 0 Å². The number of carbonyl (C=O) groups is 2. The van der Waals surface area contributed by atoms with Crippen molar-refractivity contribution in [3.63, 3.8) is 0 Å². The number of ketones is 2. The van der Waals surface area contributed by atoms with Gasteiger partial charge in [-0.1, -0.05) is 12.1 Å². The van der Waals surface area contributed by atoms with Gasteiger partial charge in [0.15, 0.2) is 23.1 Å². The minimum absolute atomic E-state index is 0.110. The Morgan fingerprint density at radius 1 is 0.950 bits per heavy atom. The summed E-state index contributed by atoms with van der Waals surface area (Å²) in [6.45, 7) is 3.90. The number of nitrogens with zero attached hydrogens (tertiary/aromatic N) is 1. The molecule has 3 aliphatic rings. The summed E-state index contributed by atoms with van der Waals surface area (Å²) in [5.74, 6) is 0.543. The lowest BCUT2D eigenvalue weighted by molar-refractivity contribution is -0.117. The van der Waals surface area contributed by atoms with E-state index in [1.807, 2.05) is 19.1 Å². The number of Topliss-reactive ketones (excluding diaryl/α,β-unsaturated/α-hetero) is 2. The molecular weight excluding hydrogens is 577 g/mol. The standard InChI is InChI=1S/C32H35BrFNO5/c1-3-39-28-18-21(17-23(33)32(28)40-19-20-11-13-22(34)14-12-20)29-30-24(7-4-9-26(30)36)35(15-6-16-38-2)25-8-5-10-27(37)31(25)29/h11-14,17-18,29H,3-10,15-16,19H2,1-2H3. The highest BCUT2D eigenvalue weighted by Gasteiger charge is 2.43. The van der Waals surface area contributed by atoms with Gasteiger partial charge >= 0.3 is 0 Å². The first kappa shape index (κ1) is 28.6. The monoisotopic (exact) mass is 611 g/mol. The van der Waals surface area contributed by atoms with E-state index in [1.54, 1.807) is 19.2 Å². The van der Waals surface area contributed by atoms with Gasteiger partial charge in [-0.2, -0.15) is 0 Å². The van der Waals surface area contributed by atoms with E-state index < -0.39 is 5.92 Å². The van der Waals surface area contributed by atoms with Gasteiger partial charge < -0.3 is 19.1 Å². The van der Waals surface area contributed by atoms with Crippen LogP contribution in [0.15, 0.2) is 63.4 Å². The van der Waals surface area contributed by atoms with E-state index in [2.05, 4.69) is 20.8 Å². The maximum absolute atomic E-state index is 13.6. The van der Waals surface area contributed by atoms with Crippen molar-refractivity contribution in [2.75, 3.05) is 26.9 Å². The van der Waals surface area contributed by atoms with Crippen molar-refractivity contribution in [2.45, 2.75) is 64.4 Å². The van der Waals surface area contributed by atoms with Crippen molar-refractivity contribution in [2.24, 2.45) is 0 Å². The molecular formula is C32H35BrFNO5. The van der Waals surface area contributed by atoms with Crippen LogP contribution in [0.25, 0.3) is 0 Å². The van der Waals surface area contributed by atoms with Crippen molar-refractivity contribution in [3.05, 3.63) is 80.4 Å². The van der Waals surface area contributed by atoms with Gasteiger partial charge in [0.25, 0.3) is 0 Å². The summed E-state index contributed by atoms with van der Waals surface area (Å²) in [6, 6.07) is 10.0. The molecule has 0 amide bonds. The minimum atomic E-state index is -0.439. The Labute approximate surface area is 243 Å². The average Bonchev–Trinajstić information content (AvgIpc) is 2.94. The van der Waals surface area contributed by atoms with Crippen molar-refractivity contribution >= 4 is 27.5 Å². The van der Waals surface area contributed by atoms with E-state index in [1.165, 1.54) is 12.1 Å². The van der Waals surface area contributed by atoms with Crippen molar-refractivity contribution in [3.8, 4) is 11.5 Å². The Hall–Kier alpha value is -2.97. The van der Waals surface area contributed by atoms with Crippen LogP contribution in [-0.2, 0) is 20.9 Å². The maximum Gasteiger partial charge on any atom is 0.175 e. The molecule has 212 valence electrons. The summed E-state index contributed by atoms with van der Waals surface area (Å²) in [6.07, 6.45) is 5.03. The first-order chi connectivity index (χ1) is 19.4. The largest absolute Gasteiger partial charge is 0.490 e. The Morgan fingerprint density at radius 3 is 2.20 bits per heavy atom.